The summed E-state index contributed by atoms with van der Waals surface area (Å²) in [4.78, 5) is 11.3. The number of alkyl halides is 15. The van der Waals surface area contributed by atoms with Crippen LogP contribution in [0.5, 0.6) is 0 Å². The summed E-state index contributed by atoms with van der Waals surface area (Å²) in [5.74, 6) is -67.2. The fourth-order valence-electron chi connectivity index (χ4n) is 3.38. The van der Waals surface area contributed by atoms with Crippen molar-refractivity contribution in [2.45, 2.75) is 47.1 Å². The molecule has 2 saturated carbocycles. The fraction of sp³-hybridized carbons (Fsp3) is 0.917. The third-order valence-corrected chi connectivity index (χ3v) is 4.92. The number of rotatable bonds is 1. The Morgan fingerprint density at radius 1 is 0.552 bits per heavy atom. The monoisotopic (exact) mass is 466 g/mol. The van der Waals surface area contributed by atoms with Crippen molar-refractivity contribution in [2.24, 2.45) is 11.8 Å². The van der Waals surface area contributed by atoms with Gasteiger partial charge in [0.25, 0.3) is 5.67 Å². The van der Waals surface area contributed by atoms with E-state index in [1.165, 1.54) is 0 Å². The van der Waals surface area contributed by atoms with E-state index in [1.54, 1.807) is 0 Å². The van der Waals surface area contributed by atoms with E-state index in [0.29, 0.717) is 0 Å². The van der Waals surface area contributed by atoms with Gasteiger partial charge in [-0.25, -0.2) is 9.18 Å². The van der Waals surface area contributed by atoms with Gasteiger partial charge in [0.1, 0.15) is 5.92 Å². The molecule has 2 fully saturated rings. The molecule has 0 bridgehead atoms. The van der Waals surface area contributed by atoms with Crippen molar-refractivity contribution >= 4 is 5.97 Å². The fourth-order valence-corrected chi connectivity index (χ4v) is 3.38. The number of halogens is 15. The molecule has 0 aromatic heterocycles. The number of hydrogen-bond donors (Lipinski definition) is 0. The van der Waals surface area contributed by atoms with Gasteiger partial charge in [-0.1, -0.05) is 0 Å². The van der Waals surface area contributed by atoms with Crippen molar-refractivity contribution in [3.05, 3.63) is 0 Å². The highest BCUT2D eigenvalue weighted by atomic mass is 19.4. The van der Waals surface area contributed by atoms with Crippen LogP contribution in [-0.2, 0) is 9.53 Å². The number of carbonyl (C=O) groups is 1. The van der Waals surface area contributed by atoms with E-state index >= 15 is 0 Å². The maximum Gasteiger partial charge on any atom is 0.378 e. The highest BCUT2D eigenvalue weighted by Crippen LogP contribution is 2.75. The Labute approximate surface area is 149 Å². The number of hydrogen-bond acceptors (Lipinski definition) is 2. The van der Waals surface area contributed by atoms with Crippen LogP contribution in [0.2, 0.25) is 0 Å². The van der Waals surface area contributed by atoms with Crippen LogP contribution in [0.15, 0.2) is 0 Å². The topological polar surface area (TPSA) is 26.3 Å². The SMILES string of the molecule is COC(=O)C1(F)C2C(C(F)(F)C(F)(F)C(F)(F)C2(F)F)C(F)(F)C(F)(F)C1(F)F. The Morgan fingerprint density at radius 2 is 0.828 bits per heavy atom. The minimum absolute atomic E-state index is 0.203. The molecule has 0 saturated heterocycles. The van der Waals surface area contributed by atoms with E-state index in [-0.39, 0.29) is 7.11 Å². The summed E-state index contributed by atoms with van der Waals surface area (Å²) in [6, 6.07) is 0. The number of fused-ring (bicyclic) bond motifs is 1. The summed E-state index contributed by atoms with van der Waals surface area (Å²) in [6.07, 6.45) is 0. The average Bonchev–Trinajstić information content (AvgIpc) is 2.54. The van der Waals surface area contributed by atoms with Crippen molar-refractivity contribution in [3.8, 4) is 0 Å². The second-order valence-electron chi connectivity index (χ2n) is 6.33. The summed E-state index contributed by atoms with van der Waals surface area (Å²) >= 11 is 0. The Hall–Kier alpha value is -1.58. The van der Waals surface area contributed by atoms with Gasteiger partial charge in [0.15, 0.2) is 0 Å². The number of ether oxygens (including phenoxy) is 1. The molecule has 2 aliphatic carbocycles. The van der Waals surface area contributed by atoms with E-state index in [9.17, 15) is 70.7 Å². The molecule has 0 aliphatic heterocycles. The first-order valence-electron chi connectivity index (χ1n) is 6.89. The first-order chi connectivity index (χ1) is 12.5. The summed E-state index contributed by atoms with van der Waals surface area (Å²) in [7, 11) is -0.203. The number of esters is 1. The molecule has 3 unspecified atom stereocenters. The summed E-state index contributed by atoms with van der Waals surface area (Å²) in [5.41, 5.74) is -6.69. The zero-order chi connectivity index (χ0) is 23.4. The van der Waals surface area contributed by atoms with Crippen LogP contribution >= 0.6 is 0 Å². The average molecular weight is 466 g/mol. The smallest absolute Gasteiger partial charge is 0.378 e. The van der Waals surface area contributed by atoms with Crippen LogP contribution in [0, 0.1) is 11.8 Å². The molecule has 0 amide bonds. The molecule has 3 atom stereocenters. The van der Waals surface area contributed by atoms with E-state index in [4.69, 9.17) is 0 Å². The Morgan fingerprint density at radius 3 is 1.14 bits per heavy atom. The molecule has 0 aromatic rings. The summed E-state index contributed by atoms with van der Waals surface area (Å²) in [6.45, 7) is 0. The lowest BCUT2D eigenvalue weighted by atomic mass is 9.54. The maximum atomic E-state index is 14.7. The van der Waals surface area contributed by atoms with Crippen LogP contribution in [0.25, 0.3) is 0 Å². The van der Waals surface area contributed by atoms with Gasteiger partial charge in [-0.2, -0.15) is 61.5 Å². The van der Waals surface area contributed by atoms with Crippen LogP contribution in [0.4, 0.5) is 65.9 Å². The maximum absolute atomic E-state index is 14.7. The lowest BCUT2D eigenvalue weighted by molar-refractivity contribution is -0.496. The highest BCUT2D eigenvalue weighted by Gasteiger charge is 3.03. The predicted molar refractivity (Wildman–Crippen MR) is 57.5 cm³/mol. The van der Waals surface area contributed by atoms with Gasteiger partial charge < -0.3 is 4.74 Å². The van der Waals surface area contributed by atoms with Gasteiger partial charge in [0, 0.05) is 0 Å². The first-order valence-corrected chi connectivity index (χ1v) is 6.89. The first kappa shape index (κ1) is 23.7. The molecule has 2 nitrogen and oxygen atoms in total. The van der Waals surface area contributed by atoms with Crippen molar-refractivity contribution in [1.82, 2.24) is 0 Å². The van der Waals surface area contributed by atoms with E-state index in [1.807, 2.05) is 0 Å². The van der Waals surface area contributed by atoms with Gasteiger partial charge in [-0.3, -0.25) is 0 Å². The van der Waals surface area contributed by atoms with Gasteiger partial charge in [0.2, 0.25) is 0 Å². The molecule has 0 N–H and O–H groups in total. The van der Waals surface area contributed by atoms with Crippen molar-refractivity contribution < 1.29 is 75.4 Å². The molecular formula is C12H5F15O2. The molecule has 29 heavy (non-hydrogen) atoms. The molecule has 17 heteroatoms. The molecule has 0 aromatic carbocycles. The minimum Gasteiger partial charge on any atom is -0.466 e. The zero-order valence-corrected chi connectivity index (χ0v) is 13.1. The lowest BCUT2D eigenvalue weighted by Crippen LogP contribution is -2.87. The highest BCUT2D eigenvalue weighted by molar-refractivity contribution is 5.82. The Balaban J connectivity index is 3.10. The second kappa shape index (κ2) is 5.36. The predicted octanol–water partition coefficient (Wildman–Crippen LogP) is 4.57. The number of methoxy groups -OCH3 is 1. The standard InChI is InChI=1S/C12H5F15O2/c1-29-4(28)5(13)2-3(7(16,17)10(22,23)9(5,20)21)8(18,19)12(26,27)11(24,25)6(2,14)15/h2-3H,1H3. The third-order valence-electron chi connectivity index (χ3n) is 4.92. The molecule has 170 valence electrons. The van der Waals surface area contributed by atoms with Crippen molar-refractivity contribution in [3.63, 3.8) is 0 Å². The molecular weight excluding hydrogens is 461 g/mol. The van der Waals surface area contributed by atoms with Crippen LogP contribution in [-0.4, -0.2) is 60.2 Å². The summed E-state index contributed by atoms with van der Waals surface area (Å²) in [5, 5.41) is 0. The second-order valence-corrected chi connectivity index (χ2v) is 6.33. The largest absolute Gasteiger partial charge is 0.466 e. The van der Waals surface area contributed by atoms with Crippen LogP contribution in [0.1, 0.15) is 0 Å². The quantitative estimate of drug-likeness (QED) is 0.418. The molecule has 2 rings (SSSR count). The van der Waals surface area contributed by atoms with Crippen molar-refractivity contribution in [2.75, 3.05) is 7.11 Å². The molecule has 0 spiro atoms. The van der Waals surface area contributed by atoms with Crippen LogP contribution < -0.4 is 0 Å². The molecule has 0 heterocycles. The van der Waals surface area contributed by atoms with E-state index in [0.717, 1.165) is 0 Å². The number of carbonyl (C=O) groups excluding carboxylic acids is 1. The third kappa shape index (κ3) is 2.02. The normalized spacial score (nSPS) is 39.9. The zero-order valence-electron chi connectivity index (χ0n) is 13.1. The van der Waals surface area contributed by atoms with Gasteiger partial charge in [0.05, 0.1) is 13.0 Å². The van der Waals surface area contributed by atoms with E-state index < -0.39 is 64.9 Å². The Kier molecular flexibility index (Phi) is 4.38. The van der Waals surface area contributed by atoms with Gasteiger partial charge >= 0.3 is 47.4 Å². The van der Waals surface area contributed by atoms with Gasteiger partial charge in [-0.05, 0) is 0 Å². The molecule has 0 radical (unpaired) electrons. The Bertz CT molecular complexity index is 721. The van der Waals surface area contributed by atoms with Crippen molar-refractivity contribution in [1.29, 1.82) is 0 Å². The minimum atomic E-state index is -7.55. The van der Waals surface area contributed by atoms with Crippen LogP contribution in [0.3, 0.4) is 0 Å². The molecule has 2 aliphatic rings. The summed E-state index contributed by atoms with van der Waals surface area (Å²) < 4.78 is 210. The van der Waals surface area contributed by atoms with Gasteiger partial charge in [-0.15, -0.1) is 0 Å². The lowest BCUT2D eigenvalue weighted by Gasteiger charge is -2.59. The van der Waals surface area contributed by atoms with E-state index in [2.05, 4.69) is 4.74 Å².